The van der Waals surface area contributed by atoms with Crippen LogP contribution in [0.5, 0.6) is 5.75 Å². The van der Waals surface area contributed by atoms with E-state index >= 15 is 0 Å². The molecule has 0 aliphatic rings. The fourth-order valence-electron chi connectivity index (χ4n) is 2.41. The zero-order chi connectivity index (χ0) is 16.4. The van der Waals surface area contributed by atoms with Gasteiger partial charge in [0.15, 0.2) is 0 Å². The topological polar surface area (TPSA) is 54.1 Å². The van der Waals surface area contributed by atoms with Crippen LogP contribution in [0.4, 0.5) is 14.5 Å². The summed E-state index contributed by atoms with van der Waals surface area (Å²) in [6, 6.07) is 8.86. The molecule has 1 aromatic heterocycles. The molecule has 0 bridgehead atoms. The maximum absolute atomic E-state index is 13.6. The van der Waals surface area contributed by atoms with Gasteiger partial charge in [0.2, 0.25) is 5.91 Å². The quantitative estimate of drug-likeness (QED) is 0.772. The number of anilines is 1. The summed E-state index contributed by atoms with van der Waals surface area (Å²) in [5, 5.41) is 3.13. The van der Waals surface area contributed by atoms with Gasteiger partial charge in [-0.05, 0) is 29.8 Å². The van der Waals surface area contributed by atoms with E-state index in [1.165, 1.54) is 6.07 Å². The van der Waals surface area contributed by atoms with Gasteiger partial charge in [0.05, 0.1) is 13.5 Å². The fourth-order valence-corrected chi connectivity index (χ4v) is 2.41. The van der Waals surface area contributed by atoms with Crippen molar-refractivity contribution in [2.75, 3.05) is 12.4 Å². The zero-order valence-corrected chi connectivity index (χ0v) is 12.3. The lowest BCUT2D eigenvalue weighted by Crippen LogP contribution is -2.16. The van der Waals surface area contributed by atoms with Crippen molar-refractivity contribution < 1.29 is 18.3 Å². The summed E-state index contributed by atoms with van der Waals surface area (Å²) >= 11 is 0. The summed E-state index contributed by atoms with van der Waals surface area (Å²) in [5.74, 6) is -1.40. The van der Waals surface area contributed by atoms with E-state index in [0.29, 0.717) is 5.75 Å². The average Bonchev–Trinajstić information content (AvgIpc) is 2.93. The van der Waals surface area contributed by atoms with Gasteiger partial charge >= 0.3 is 0 Å². The highest BCUT2D eigenvalue weighted by molar-refractivity contribution is 5.96. The van der Waals surface area contributed by atoms with Crippen LogP contribution >= 0.6 is 0 Å². The van der Waals surface area contributed by atoms with Gasteiger partial charge in [0.1, 0.15) is 23.1 Å². The first-order valence-electron chi connectivity index (χ1n) is 6.96. The van der Waals surface area contributed by atoms with E-state index in [4.69, 9.17) is 4.74 Å². The Kier molecular flexibility index (Phi) is 3.97. The number of carbonyl (C=O) groups is 1. The van der Waals surface area contributed by atoms with Crippen LogP contribution < -0.4 is 10.1 Å². The number of aromatic nitrogens is 1. The maximum Gasteiger partial charge on any atom is 0.229 e. The highest BCUT2D eigenvalue weighted by Crippen LogP contribution is 2.24. The number of carbonyl (C=O) groups excluding carboxylic acids is 1. The number of ether oxygens (including phenoxy) is 1. The molecular weight excluding hydrogens is 302 g/mol. The lowest BCUT2D eigenvalue weighted by Gasteiger charge is -2.07. The SMILES string of the molecule is COc1ccc2c(CC(=O)Nc3c(F)cccc3F)c[nH]c2c1. The molecule has 0 fully saturated rings. The van der Waals surface area contributed by atoms with Crippen molar-refractivity contribution >= 4 is 22.5 Å². The largest absolute Gasteiger partial charge is 0.497 e. The number of fused-ring (bicyclic) bond motifs is 1. The smallest absolute Gasteiger partial charge is 0.229 e. The number of halogens is 2. The number of methoxy groups -OCH3 is 1. The Balaban J connectivity index is 1.81. The van der Waals surface area contributed by atoms with Crippen LogP contribution in [0.2, 0.25) is 0 Å². The van der Waals surface area contributed by atoms with Gasteiger partial charge in [-0.25, -0.2) is 8.78 Å². The molecule has 0 unspecified atom stereocenters. The Bertz CT molecular complexity index is 854. The number of nitrogens with one attached hydrogen (secondary N) is 2. The van der Waals surface area contributed by atoms with Crippen LogP contribution in [-0.2, 0) is 11.2 Å². The molecule has 0 atom stereocenters. The third-order valence-electron chi connectivity index (χ3n) is 3.55. The first kappa shape index (κ1) is 15.0. The van der Waals surface area contributed by atoms with Gasteiger partial charge in [-0.3, -0.25) is 4.79 Å². The Labute approximate surface area is 131 Å². The number of aromatic amines is 1. The van der Waals surface area contributed by atoms with Gasteiger partial charge in [-0.1, -0.05) is 6.07 Å². The molecule has 1 heterocycles. The molecule has 6 heteroatoms. The summed E-state index contributed by atoms with van der Waals surface area (Å²) in [5.41, 5.74) is 1.13. The van der Waals surface area contributed by atoms with Crippen LogP contribution in [-0.4, -0.2) is 18.0 Å². The molecule has 0 spiro atoms. The van der Waals surface area contributed by atoms with Crippen LogP contribution in [0.15, 0.2) is 42.6 Å². The minimum Gasteiger partial charge on any atom is -0.497 e. The van der Waals surface area contributed by atoms with Crippen molar-refractivity contribution in [1.82, 2.24) is 4.98 Å². The molecule has 3 aromatic rings. The Morgan fingerprint density at radius 2 is 1.96 bits per heavy atom. The van der Waals surface area contributed by atoms with Crippen LogP contribution in [0, 0.1) is 11.6 Å². The predicted molar refractivity (Wildman–Crippen MR) is 83.5 cm³/mol. The van der Waals surface area contributed by atoms with E-state index in [2.05, 4.69) is 10.3 Å². The first-order valence-corrected chi connectivity index (χ1v) is 6.96. The summed E-state index contributed by atoms with van der Waals surface area (Å²) in [6.07, 6.45) is 1.70. The summed E-state index contributed by atoms with van der Waals surface area (Å²) in [4.78, 5) is 15.1. The van der Waals surface area contributed by atoms with E-state index in [-0.39, 0.29) is 6.42 Å². The molecule has 4 nitrogen and oxygen atoms in total. The molecule has 0 radical (unpaired) electrons. The lowest BCUT2D eigenvalue weighted by atomic mass is 10.1. The molecular formula is C17H14F2N2O2. The van der Waals surface area contributed by atoms with Gasteiger partial charge in [0, 0.05) is 23.2 Å². The second-order valence-corrected chi connectivity index (χ2v) is 5.05. The molecule has 3 rings (SSSR count). The standard InChI is InChI=1S/C17H14F2N2O2/c1-23-11-5-6-12-10(9-20-15(12)8-11)7-16(22)21-17-13(18)3-2-4-14(17)19/h2-6,8-9,20H,7H2,1H3,(H,21,22). The van der Waals surface area contributed by atoms with Crippen molar-refractivity contribution in [1.29, 1.82) is 0 Å². The second kappa shape index (κ2) is 6.08. The van der Waals surface area contributed by atoms with Gasteiger partial charge in [0.25, 0.3) is 0 Å². The van der Waals surface area contributed by atoms with E-state index in [1.807, 2.05) is 12.1 Å². The Morgan fingerprint density at radius 1 is 1.22 bits per heavy atom. The van der Waals surface area contributed by atoms with Crippen LogP contribution in [0.1, 0.15) is 5.56 Å². The van der Waals surface area contributed by atoms with Gasteiger partial charge in [-0.15, -0.1) is 0 Å². The van der Waals surface area contributed by atoms with Crippen molar-refractivity contribution in [3.63, 3.8) is 0 Å². The lowest BCUT2D eigenvalue weighted by molar-refractivity contribution is -0.115. The number of amides is 1. The third kappa shape index (κ3) is 3.01. The van der Waals surface area contributed by atoms with Gasteiger partial charge < -0.3 is 15.0 Å². The van der Waals surface area contributed by atoms with E-state index in [9.17, 15) is 13.6 Å². The van der Waals surface area contributed by atoms with Gasteiger partial charge in [-0.2, -0.15) is 0 Å². The number of benzene rings is 2. The predicted octanol–water partition coefficient (Wildman–Crippen LogP) is 3.64. The Morgan fingerprint density at radius 3 is 2.65 bits per heavy atom. The normalized spacial score (nSPS) is 10.7. The monoisotopic (exact) mass is 316 g/mol. The van der Waals surface area contributed by atoms with Crippen molar-refractivity contribution in [3.05, 3.63) is 59.8 Å². The van der Waals surface area contributed by atoms with E-state index in [1.54, 1.807) is 19.4 Å². The Hall–Kier alpha value is -2.89. The fraction of sp³-hybridized carbons (Fsp3) is 0.118. The molecule has 0 saturated heterocycles. The molecule has 0 aliphatic heterocycles. The summed E-state index contributed by atoms with van der Waals surface area (Å²) < 4.78 is 32.2. The minimum absolute atomic E-state index is 0.000102. The number of hydrogen-bond donors (Lipinski definition) is 2. The third-order valence-corrected chi connectivity index (χ3v) is 3.55. The molecule has 2 aromatic carbocycles. The molecule has 0 saturated carbocycles. The molecule has 0 aliphatic carbocycles. The van der Waals surface area contributed by atoms with Crippen molar-refractivity contribution in [2.24, 2.45) is 0 Å². The van der Waals surface area contributed by atoms with Crippen molar-refractivity contribution in [2.45, 2.75) is 6.42 Å². The highest BCUT2D eigenvalue weighted by Gasteiger charge is 2.14. The first-order chi connectivity index (χ1) is 11.1. The maximum atomic E-state index is 13.6. The number of rotatable bonds is 4. The summed E-state index contributed by atoms with van der Waals surface area (Å²) in [7, 11) is 1.57. The van der Waals surface area contributed by atoms with Crippen LogP contribution in [0.25, 0.3) is 10.9 Å². The van der Waals surface area contributed by atoms with E-state index in [0.717, 1.165) is 28.6 Å². The zero-order valence-electron chi connectivity index (χ0n) is 12.3. The molecule has 118 valence electrons. The minimum atomic E-state index is -0.804. The highest BCUT2D eigenvalue weighted by atomic mass is 19.1. The second-order valence-electron chi connectivity index (χ2n) is 5.05. The van der Waals surface area contributed by atoms with Crippen LogP contribution in [0.3, 0.4) is 0 Å². The number of hydrogen-bond acceptors (Lipinski definition) is 2. The molecule has 1 amide bonds. The average molecular weight is 316 g/mol. The number of para-hydroxylation sites is 1. The molecule has 23 heavy (non-hydrogen) atoms. The number of H-pyrrole nitrogens is 1. The van der Waals surface area contributed by atoms with E-state index < -0.39 is 23.2 Å². The van der Waals surface area contributed by atoms with Crippen molar-refractivity contribution in [3.8, 4) is 5.75 Å². The summed E-state index contributed by atoms with van der Waals surface area (Å²) in [6.45, 7) is 0. The molecule has 2 N–H and O–H groups in total.